The van der Waals surface area contributed by atoms with Crippen molar-refractivity contribution in [1.82, 2.24) is 0 Å². The molecular weight excluding hydrogens is 144 g/mol. The second kappa shape index (κ2) is 3.09. The van der Waals surface area contributed by atoms with E-state index in [1.165, 1.54) is 6.42 Å². The molecule has 2 aliphatic heterocycles. The molecule has 0 amide bonds. The Hall–Kier alpha value is -0.120. The van der Waals surface area contributed by atoms with Gasteiger partial charge in [-0.3, -0.25) is 0 Å². The van der Waals surface area contributed by atoms with Crippen LogP contribution in [-0.2, 0) is 14.2 Å². The third-order valence-electron chi connectivity index (χ3n) is 2.52. The van der Waals surface area contributed by atoms with E-state index in [4.69, 9.17) is 14.2 Å². The highest BCUT2D eigenvalue weighted by Crippen LogP contribution is 2.31. The first-order chi connectivity index (χ1) is 5.42. The van der Waals surface area contributed by atoms with E-state index >= 15 is 0 Å². The number of methoxy groups -OCH3 is 1. The average Bonchev–Trinajstić information content (AvgIpc) is 2.47. The molecule has 0 radical (unpaired) electrons. The summed E-state index contributed by atoms with van der Waals surface area (Å²) < 4.78 is 16.1. The van der Waals surface area contributed by atoms with Crippen molar-refractivity contribution in [3.05, 3.63) is 0 Å². The fourth-order valence-electron chi connectivity index (χ4n) is 1.87. The Morgan fingerprint density at radius 1 is 1.36 bits per heavy atom. The Morgan fingerprint density at radius 3 is 3.09 bits per heavy atom. The van der Waals surface area contributed by atoms with Crippen LogP contribution in [0.4, 0.5) is 0 Å². The summed E-state index contributed by atoms with van der Waals surface area (Å²) in [4.78, 5) is 0. The second-order valence-electron chi connectivity index (χ2n) is 3.15. The van der Waals surface area contributed by atoms with Crippen molar-refractivity contribution < 1.29 is 14.2 Å². The SMILES string of the molecule is COC1CO[C@H]2OCCC[C@@H]12. The van der Waals surface area contributed by atoms with Crippen molar-refractivity contribution in [2.75, 3.05) is 20.3 Å². The van der Waals surface area contributed by atoms with Gasteiger partial charge >= 0.3 is 0 Å². The fraction of sp³-hybridized carbons (Fsp3) is 1.00. The molecule has 3 atom stereocenters. The maximum absolute atomic E-state index is 5.43. The topological polar surface area (TPSA) is 27.7 Å². The van der Waals surface area contributed by atoms with E-state index in [9.17, 15) is 0 Å². The molecule has 0 aromatic rings. The molecule has 2 fully saturated rings. The van der Waals surface area contributed by atoms with Crippen LogP contribution in [0.5, 0.6) is 0 Å². The molecule has 0 aromatic carbocycles. The lowest BCUT2D eigenvalue weighted by Gasteiger charge is -2.26. The molecule has 3 heteroatoms. The zero-order valence-corrected chi connectivity index (χ0v) is 6.79. The van der Waals surface area contributed by atoms with Crippen LogP contribution in [0.1, 0.15) is 12.8 Å². The molecule has 1 unspecified atom stereocenters. The molecule has 3 nitrogen and oxygen atoms in total. The standard InChI is InChI=1S/C8H14O3/c1-9-7-5-11-8-6(7)3-2-4-10-8/h6-8H,2-5H2,1H3/t6-,7?,8+/m0/s1. The molecule has 2 heterocycles. The Balaban J connectivity index is 1.98. The van der Waals surface area contributed by atoms with Crippen molar-refractivity contribution in [2.45, 2.75) is 25.2 Å². The van der Waals surface area contributed by atoms with Gasteiger partial charge in [-0.05, 0) is 12.8 Å². The monoisotopic (exact) mass is 158 g/mol. The molecule has 11 heavy (non-hydrogen) atoms. The lowest BCUT2D eigenvalue weighted by Crippen LogP contribution is -2.31. The average molecular weight is 158 g/mol. The van der Waals surface area contributed by atoms with E-state index in [-0.39, 0.29) is 12.4 Å². The molecule has 0 spiro atoms. The summed E-state index contributed by atoms with van der Waals surface area (Å²) in [6.07, 6.45) is 2.61. The normalized spacial score (nSPS) is 43.9. The summed E-state index contributed by atoms with van der Waals surface area (Å²) in [6.45, 7) is 1.55. The van der Waals surface area contributed by atoms with Gasteiger partial charge in [-0.1, -0.05) is 0 Å². The Bertz CT molecular complexity index is 131. The van der Waals surface area contributed by atoms with Gasteiger partial charge in [-0.25, -0.2) is 0 Å². The number of hydrogen-bond acceptors (Lipinski definition) is 3. The number of ether oxygens (including phenoxy) is 3. The highest BCUT2D eigenvalue weighted by molar-refractivity contribution is 4.81. The molecular formula is C8H14O3. The first kappa shape index (κ1) is 7.53. The van der Waals surface area contributed by atoms with Gasteiger partial charge in [0.05, 0.1) is 12.7 Å². The quantitative estimate of drug-likeness (QED) is 0.564. The van der Waals surface area contributed by atoms with Gasteiger partial charge in [0.2, 0.25) is 0 Å². The molecule has 0 bridgehead atoms. The Kier molecular flexibility index (Phi) is 2.11. The maximum Gasteiger partial charge on any atom is 0.163 e. The van der Waals surface area contributed by atoms with Crippen LogP contribution in [0.2, 0.25) is 0 Å². The minimum atomic E-state index is 0.0219. The first-order valence-electron chi connectivity index (χ1n) is 4.18. The smallest absolute Gasteiger partial charge is 0.163 e. The Labute approximate surface area is 66.6 Å². The van der Waals surface area contributed by atoms with E-state index in [1.807, 2.05) is 0 Å². The minimum absolute atomic E-state index is 0.0219. The Morgan fingerprint density at radius 2 is 2.27 bits per heavy atom. The number of hydrogen-bond donors (Lipinski definition) is 0. The summed E-state index contributed by atoms with van der Waals surface area (Å²) in [6, 6.07) is 0. The van der Waals surface area contributed by atoms with E-state index < -0.39 is 0 Å². The largest absolute Gasteiger partial charge is 0.379 e. The van der Waals surface area contributed by atoms with Crippen LogP contribution in [0.15, 0.2) is 0 Å². The van der Waals surface area contributed by atoms with Crippen LogP contribution in [0.3, 0.4) is 0 Å². The van der Waals surface area contributed by atoms with Gasteiger partial charge < -0.3 is 14.2 Å². The molecule has 0 aromatic heterocycles. The fourth-order valence-corrected chi connectivity index (χ4v) is 1.87. The summed E-state index contributed by atoms with van der Waals surface area (Å²) in [5, 5.41) is 0. The van der Waals surface area contributed by atoms with E-state index in [2.05, 4.69) is 0 Å². The van der Waals surface area contributed by atoms with Gasteiger partial charge in [0.15, 0.2) is 6.29 Å². The molecule has 2 saturated heterocycles. The molecule has 2 rings (SSSR count). The van der Waals surface area contributed by atoms with Crippen molar-refractivity contribution >= 4 is 0 Å². The van der Waals surface area contributed by atoms with Crippen molar-refractivity contribution in [3.63, 3.8) is 0 Å². The van der Waals surface area contributed by atoms with E-state index in [1.54, 1.807) is 7.11 Å². The van der Waals surface area contributed by atoms with Gasteiger partial charge in [-0.2, -0.15) is 0 Å². The van der Waals surface area contributed by atoms with Gasteiger partial charge in [0.1, 0.15) is 0 Å². The highest BCUT2D eigenvalue weighted by Gasteiger charge is 2.39. The van der Waals surface area contributed by atoms with Crippen molar-refractivity contribution in [2.24, 2.45) is 5.92 Å². The molecule has 0 N–H and O–H groups in total. The second-order valence-corrected chi connectivity index (χ2v) is 3.15. The van der Waals surface area contributed by atoms with Crippen LogP contribution < -0.4 is 0 Å². The summed E-state index contributed by atoms with van der Waals surface area (Å²) in [5.41, 5.74) is 0. The maximum atomic E-state index is 5.43. The minimum Gasteiger partial charge on any atom is -0.379 e. The zero-order valence-electron chi connectivity index (χ0n) is 6.79. The predicted molar refractivity (Wildman–Crippen MR) is 39.2 cm³/mol. The molecule has 0 saturated carbocycles. The summed E-state index contributed by atoms with van der Waals surface area (Å²) in [5.74, 6) is 0.480. The van der Waals surface area contributed by atoms with Crippen LogP contribution >= 0.6 is 0 Å². The van der Waals surface area contributed by atoms with E-state index in [0.29, 0.717) is 12.5 Å². The molecule has 0 aliphatic carbocycles. The van der Waals surface area contributed by atoms with Gasteiger partial charge in [0.25, 0.3) is 0 Å². The third kappa shape index (κ3) is 1.28. The van der Waals surface area contributed by atoms with Crippen LogP contribution in [0.25, 0.3) is 0 Å². The molecule has 2 aliphatic rings. The zero-order chi connectivity index (χ0) is 7.68. The van der Waals surface area contributed by atoms with Crippen molar-refractivity contribution in [3.8, 4) is 0 Å². The van der Waals surface area contributed by atoms with Gasteiger partial charge in [0, 0.05) is 19.6 Å². The summed E-state index contributed by atoms with van der Waals surface area (Å²) >= 11 is 0. The summed E-state index contributed by atoms with van der Waals surface area (Å²) in [7, 11) is 1.74. The van der Waals surface area contributed by atoms with Crippen LogP contribution in [-0.4, -0.2) is 32.7 Å². The van der Waals surface area contributed by atoms with Crippen molar-refractivity contribution in [1.29, 1.82) is 0 Å². The molecule has 64 valence electrons. The number of rotatable bonds is 1. The van der Waals surface area contributed by atoms with Crippen LogP contribution in [0, 0.1) is 5.92 Å². The number of fused-ring (bicyclic) bond motifs is 1. The third-order valence-corrected chi connectivity index (χ3v) is 2.52. The van der Waals surface area contributed by atoms with Gasteiger partial charge in [-0.15, -0.1) is 0 Å². The predicted octanol–water partition coefficient (Wildman–Crippen LogP) is 0.784. The first-order valence-corrected chi connectivity index (χ1v) is 4.18. The highest BCUT2D eigenvalue weighted by atomic mass is 16.7. The lowest BCUT2D eigenvalue weighted by molar-refractivity contribution is -0.152. The van der Waals surface area contributed by atoms with E-state index in [0.717, 1.165) is 13.0 Å². The lowest BCUT2D eigenvalue weighted by atomic mass is 9.97.